The van der Waals surface area contributed by atoms with Gasteiger partial charge in [-0.2, -0.15) is 0 Å². The lowest BCUT2D eigenvalue weighted by Crippen LogP contribution is -2.68. The van der Waals surface area contributed by atoms with Gasteiger partial charge in [0.1, 0.15) is 5.75 Å². The number of carbonyl (C=O) groups excluding carboxylic acids is 5. The number of aliphatic hydroxyl groups is 1. The molecule has 4 rings (SSSR count). The van der Waals surface area contributed by atoms with Crippen LogP contribution in [0.5, 0.6) is 5.75 Å². The molecular weight excluding hydrogens is 402 g/mol. The van der Waals surface area contributed by atoms with Crippen molar-refractivity contribution in [2.24, 2.45) is 29.4 Å². The van der Waals surface area contributed by atoms with E-state index in [4.69, 9.17) is 5.73 Å². The second-order valence-electron chi connectivity index (χ2n) is 9.99. The fourth-order valence-corrected chi connectivity index (χ4v) is 5.55. The molecule has 5 atom stereocenters. The number of fused-ring (bicyclic) bond motifs is 3. The van der Waals surface area contributed by atoms with Crippen LogP contribution in [0.1, 0.15) is 55.1 Å². The number of benzene rings is 1. The maximum atomic E-state index is 13.4. The standard InChI is InChI=1S/C23H25NO7/c1-22(2,3)12-5-4-9-6-10-7-11-8-13(25)16(21(24)30)20(29)23(11,31)19(28)15(10)18(27)14(9)17(12)26/h4-5,10-11,15-16,26,31H,6-8H2,1-3H3,(H2,24,30)/t10-,11-,15?,16?,23-/m0/s1. The van der Waals surface area contributed by atoms with Crippen LogP contribution in [0.25, 0.3) is 0 Å². The Hall–Kier alpha value is -2.87. The molecule has 164 valence electrons. The van der Waals surface area contributed by atoms with Crippen LogP contribution in [0.3, 0.4) is 0 Å². The van der Waals surface area contributed by atoms with E-state index in [1.807, 2.05) is 20.8 Å². The Balaban J connectivity index is 1.81. The second kappa shape index (κ2) is 6.56. The minimum absolute atomic E-state index is 0.0369. The molecule has 2 fully saturated rings. The van der Waals surface area contributed by atoms with Crippen molar-refractivity contribution in [2.45, 2.75) is 51.0 Å². The van der Waals surface area contributed by atoms with E-state index in [-0.39, 0.29) is 24.2 Å². The van der Waals surface area contributed by atoms with Gasteiger partial charge in [0.2, 0.25) is 5.91 Å². The highest BCUT2D eigenvalue weighted by molar-refractivity contribution is 6.31. The molecule has 31 heavy (non-hydrogen) atoms. The molecule has 0 aromatic heterocycles. The van der Waals surface area contributed by atoms with Crippen molar-refractivity contribution in [3.05, 3.63) is 28.8 Å². The van der Waals surface area contributed by atoms with E-state index in [0.29, 0.717) is 17.5 Å². The Labute approximate surface area is 178 Å². The molecule has 3 aliphatic rings. The van der Waals surface area contributed by atoms with Gasteiger partial charge in [0.25, 0.3) is 0 Å². The summed E-state index contributed by atoms with van der Waals surface area (Å²) in [5.74, 6) is -9.77. The van der Waals surface area contributed by atoms with E-state index in [9.17, 15) is 34.2 Å². The molecule has 0 aliphatic heterocycles. The van der Waals surface area contributed by atoms with Crippen molar-refractivity contribution >= 4 is 29.0 Å². The molecule has 8 heteroatoms. The Morgan fingerprint density at radius 2 is 1.74 bits per heavy atom. The fourth-order valence-electron chi connectivity index (χ4n) is 5.55. The predicted molar refractivity (Wildman–Crippen MR) is 107 cm³/mol. The number of phenols is 1. The summed E-state index contributed by atoms with van der Waals surface area (Å²) in [4.78, 5) is 63.6. The highest BCUT2D eigenvalue weighted by Crippen LogP contribution is 2.50. The summed E-state index contributed by atoms with van der Waals surface area (Å²) in [6.07, 6.45) is 0.0621. The van der Waals surface area contributed by atoms with Crippen LogP contribution in [0.15, 0.2) is 12.1 Å². The molecular formula is C23H25NO7. The summed E-state index contributed by atoms with van der Waals surface area (Å²) in [7, 11) is 0. The molecule has 2 unspecified atom stereocenters. The predicted octanol–water partition coefficient (Wildman–Crippen LogP) is 0.624. The van der Waals surface area contributed by atoms with Crippen molar-refractivity contribution in [3.8, 4) is 5.75 Å². The molecule has 4 N–H and O–H groups in total. The zero-order valence-corrected chi connectivity index (χ0v) is 17.6. The lowest BCUT2D eigenvalue weighted by Gasteiger charge is -2.48. The summed E-state index contributed by atoms with van der Waals surface area (Å²) in [6, 6.07) is 3.52. The molecule has 0 heterocycles. The number of carbonyl (C=O) groups is 5. The third-order valence-corrected chi connectivity index (χ3v) is 7.08. The minimum atomic E-state index is -2.61. The molecule has 3 aliphatic carbocycles. The molecule has 2 saturated carbocycles. The van der Waals surface area contributed by atoms with E-state index >= 15 is 0 Å². The van der Waals surface area contributed by atoms with E-state index in [1.54, 1.807) is 12.1 Å². The van der Waals surface area contributed by atoms with Gasteiger partial charge in [-0.15, -0.1) is 0 Å². The summed E-state index contributed by atoms with van der Waals surface area (Å²) in [5, 5.41) is 22.0. The maximum Gasteiger partial charge on any atom is 0.235 e. The average Bonchev–Trinajstić information content (AvgIpc) is 2.63. The largest absolute Gasteiger partial charge is 0.507 e. The van der Waals surface area contributed by atoms with Gasteiger partial charge in [-0.05, 0) is 35.3 Å². The van der Waals surface area contributed by atoms with Gasteiger partial charge in [-0.3, -0.25) is 24.0 Å². The van der Waals surface area contributed by atoms with Crippen molar-refractivity contribution < 1.29 is 34.2 Å². The molecule has 1 aromatic carbocycles. The molecule has 1 aromatic rings. The van der Waals surface area contributed by atoms with Crippen LogP contribution in [-0.2, 0) is 31.0 Å². The van der Waals surface area contributed by atoms with E-state index in [0.717, 1.165) is 0 Å². The number of hydrogen-bond acceptors (Lipinski definition) is 7. The molecule has 0 bridgehead atoms. The number of amides is 1. The molecule has 8 nitrogen and oxygen atoms in total. The zero-order valence-electron chi connectivity index (χ0n) is 17.6. The van der Waals surface area contributed by atoms with Gasteiger partial charge in [-0.25, -0.2) is 0 Å². The number of ketones is 4. The third-order valence-electron chi connectivity index (χ3n) is 7.08. The van der Waals surface area contributed by atoms with Crippen molar-refractivity contribution in [1.82, 2.24) is 0 Å². The number of phenolic OH excluding ortho intramolecular Hbond substituents is 1. The molecule has 1 amide bonds. The number of Topliss-reactive ketones (excluding diaryl/α,β-unsaturated/α-hetero) is 4. The molecule has 0 radical (unpaired) electrons. The Kier molecular flexibility index (Phi) is 4.52. The maximum absolute atomic E-state index is 13.4. The smallest absolute Gasteiger partial charge is 0.235 e. The number of hydrogen-bond donors (Lipinski definition) is 3. The van der Waals surface area contributed by atoms with Crippen LogP contribution in [0.2, 0.25) is 0 Å². The van der Waals surface area contributed by atoms with Crippen LogP contribution in [-0.4, -0.2) is 44.9 Å². The number of rotatable bonds is 1. The topological polar surface area (TPSA) is 152 Å². The summed E-state index contributed by atoms with van der Waals surface area (Å²) in [5.41, 5.74) is 3.28. The van der Waals surface area contributed by atoms with E-state index < -0.39 is 63.7 Å². The Morgan fingerprint density at radius 3 is 2.32 bits per heavy atom. The van der Waals surface area contributed by atoms with Crippen molar-refractivity contribution in [2.75, 3.05) is 0 Å². The second-order valence-corrected chi connectivity index (χ2v) is 9.99. The lowest BCUT2D eigenvalue weighted by molar-refractivity contribution is -0.175. The van der Waals surface area contributed by atoms with Gasteiger partial charge in [0.15, 0.2) is 34.7 Å². The first kappa shape index (κ1) is 21.4. The first-order valence-corrected chi connectivity index (χ1v) is 10.3. The SMILES string of the molecule is CC(C)(C)c1ccc2c(c1O)C(=O)C1C(=O)[C@]3(O)C(=O)C(C(N)=O)C(=O)C[C@@H]3C[C@@H]1C2. The Bertz CT molecular complexity index is 1070. The molecule has 0 spiro atoms. The van der Waals surface area contributed by atoms with Crippen molar-refractivity contribution in [3.63, 3.8) is 0 Å². The van der Waals surface area contributed by atoms with Crippen LogP contribution >= 0.6 is 0 Å². The minimum Gasteiger partial charge on any atom is -0.507 e. The normalized spacial score (nSPS) is 32.9. The summed E-state index contributed by atoms with van der Waals surface area (Å²) >= 11 is 0. The van der Waals surface area contributed by atoms with Gasteiger partial charge < -0.3 is 15.9 Å². The highest BCUT2D eigenvalue weighted by Gasteiger charge is 2.66. The highest BCUT2D eigenvalue weighted by atomic mass is 16.3. The van der Waals surface area contributed by atoms with Gasteiger partial charge in [-0.1, -0.05) is 32.9 Å². The van der Waals surface area contributed by atoms with Crippen LogP contribution in [0, 0.1) is 23.7 Å². The van der Waals surface area contributed by atoms with Gasteiger partial charge in [0, 0.05) is 12.3 Å². The summed E-state index contributed by atoms with van der Waals surface area (Å²) < 4.78 is 0. The van der Waals surface area contributed by atoms with E-state index in [2.05, 4.69) is 0 Å². The summed E-state index contributed by atoms with van der Waals surface area (Å²) in [6.45, 7) is 5.64. The van der Waals surface area contributed by atoms with Crippen LogP contribution in [0.4, 0.5) is 0 Å². The van der Waals surface area contributed by atoms with Gasteiger partial charge in [0.05, 0.1) is 11.5 Å². The van der Waals surface area contributed by atoms with Gasteiger partial charge >= 0.3 is 0 Å². The average molecular weight is 427 g/mol. The van der Waals surface area contributed by atoms with Crippen molar-refractivity contribution in [1.29, 1.82) is 0 Å². The zero-order chi connectivity index (χ0) is 23.0. The monoisotopic (exact) mass is 427 g/mol. The number of primary amides is 1. The quantitative estimate of drug-likeness (QED) is 0.556. The first-order valence-electron chi connectivity index (χ1n) is 10.3. The first-order chi connectivity index (χ1) is 14.3. The lowest BCUT2D eigenvalue weighted by atomic mass is 9.53. The third kappa shape index (κ3) is 2.81. The number of nitrogens with two attached hydrogens (primary N) is 1. The fraction of sp³-hybridized carbons (Fsp3) is 0.522. The van der Waals surface area contributed by atoms with E-state index in [1.165, 1.54) is 0 Å². The number of aromatic hydroxyl groups is 1. The molecule has 0 saturated heterocycles. The van der Waals surface area contributed by atoms with Crippen LogP contribution < -0.4 is 5.73 Å². The Morgan fingerprint density at radius 1 is 1.10 bits per heavy atom.